The average molecular weight is 269 g/mol. The van der Waals surface area contributed by atoms with Gasteiger partial charge in [-0.25, -0.2) is 9.97 Å². The maximum atomic E-state index is 11.6. The van der Waals surface area contributed by atoms with E-state index in [9.17, 15) is 4.79 Å². The van der Waals surface area contributed by atoms with Crippen LogP contribution in [0.1, 0.15) is 19.5 Å². The molecule has 1 aromatic rings. The second-order valence-electron chi connectivity index (χ2n) is 4.19. The third-order valence-corrected chi connectivity index (χ3v) is 3.13. The second kappa shape index (κ2) is 7.33. The molecule has 0 amide bonds. The van der Waals surface area contributed by atoms with E-state index in [4.69, 9.17) is 4.74 Å². The van der Waals surface area contributed by atoms with Crippen LogP contribution in [0.25, 0.3) is 0 Å². The Hall–Kier alpha value is -1.14. The molecule has 100 valence electrons. The molecule has 0 aromatic carbocycles. The molecule has 5 nitrogen and oxygen atoms in total. The van der Waals surface area contributed by atoms with Crippen LogP contribution in [0, 0.1) is 6.92 Å². The first-order chi connectivity index (χ1) is 8.52. The van der Waals surface area contributed by atoms with Crippen molar-refractivity contribution < 1.29 is 9.53 Å². The summed E-state index contributed by atoms with van der Waals surface area (Å²) in [7, 11) is 1.39. The Balaban J connectivity index is 2.58. The minimum atomic E-state index is -0.343. The van der Waals surface area contributed by atoms with E-state index in [2.05, 4.69) is 15.3 Å². The van der Waals surface area contributed by atoms with E-state index in [-0.39, 0.29) is 18.1 Å². The quantitative estimate of drug-likeness (QED) is 0.479. The Morgan fingerprint density at radius 3 is 2.83 bits per heavy atom. The highest BCUT2D eigenvalue weighted by Gasteiger charge is 2.20. The molecule has 1 atom stereocenters. The Kier molecular flexibility index (Phi) is 6.07. The topological polar surface area (TPSA) is 64.1 Å². The van der Waals surface area contributed by atoms with E-state index in [0.29, 0.717) is 10.9 Å². The van der Waals surface area contributed by atoms with Gasteiger partial charge in [-0.15, -0.1) is 0 Å². The van der Waals surface area contributed by atoms with Gasteiger partial charge in [0.25, 0.3) is 0 Å². The zero-order valence-electron chi connectivity index (χ0n) is 11.1. The number of carbonyl (C=O) groups excluding carboxylic acids is 1. The van der Waals surface area contributed by atoms with Crippen molar-refractivity contribution in [2.75, 3.05) is 12.9 Å². The Bertz CT molecular complexity index is 399. The minimum absolute atomic E-state index is 0.216. The van der Waals surface area contributed by atoms with E-state index < -0.39 is 0 Å². The van der Waals surface area contributed by atoms with Crippen molar-refractivity contribution in [2.45, 2.75) is 38.0 Å². The fourth-order valence-electron chi connectivity index (χ4n) is 1.38. The molecule has 1 aromatic heterocycles. The van der Waals surface area contributed by atoms with Gasteiger partial charge in [-0.1, -0.05) is 25.6 Å². The summed E-state index contributed by atoms with van der Waals surface area (Å²) in [5.41, 5.74) is 0.916. The summed E-state index contributed by atoms with van der Waals surface area (Å²) >= 11 is 1.44. The summed E-state index contributed by atoms with van der Waals surface area (Å²) < 4.78 is 4.77. The fourth-order valence-corrected chi connectivity index (χ4v) is 2.27. The lowest BCUT2D eigenvalue weighted by Gasteiger charge is -2.18. The number of aryl methyl sites for hydroxylation is 1. The summed E-state index contributed by atoms with van der Waals surface area (Å²) in [5.74, 6) is 0.290. The molecule has 0 saturated heterocycles. The number of hydrogen-bond donors (Lipinski definition) is 1. The number of aromatic nitrogens is 2. The summed E-state index contributed by atoms with van der Waals surface area (Å²) in [6.07, 6.45) is 1.72. The zero-order chi connectivity index (χ0) is 13.5. The molecule has 0 bridgehead atoms. The van der Waals surface area contributed by atoms with Crippen molar-refractivity contribution in [2.24, 2.45) is 0 Å². The highest BCUT2D eigenvalue weighted by Crippen LogP contribution is 2.14. The molecule has 18 heavy (non-hydrogen) atoms. The number of rotatable bonds is 6. The van der Waals surface area contributed by atoms with Crippen LogP contribution in [0.2, 0.25) is 0 Å². The molecule has 0 aliphatic heterocycles. The standard InChI is InChI=1S/C12H19N3O2S/c1-8(2)14-10(11(16)17-4)7-18-12-13-6-5-9(3)15-12/h5-6,8,10,14H,7H2,1-4H3. The highest BCUT2D eigenvalue weighted by atomic mass is 32.2. The van der Waals surface area contributed by atoms with Crippen LogP contribution < -0.4 is 5.32 Å². The van der Waals surface area contributed by atoms with Gasteiger partial charge in [-0.05, 0) is 13.0 Å². The van der Waals surface area contributed by atoms with Crippen LogP contribution >= 0.6 is 11.8 Å². The first kappa shape index (κ1) is 14.9. The maximum absolute atomic E-state index is 11.6. The number of nitrogens with zero attached hydrogens (tertiary/aromatic N) is 2. The van der Waals surface area contributed by atoms with E-state index in [1.54, 1.807) is 6.20 Å². The van der Waals surface area contributed by atoms with Gasteiger partial charge in [0, 0.05) is 23.7 Å². The van der Waals surface area contributed by atoms with Crippen LogP contribution in [0.15, 0.2) is 17.4 Å². The van der Waals surface area contributed by atoms with Crippen molar-refractivity contribution in [3.63, 3.8) is 0 Å². The van der Waals surface area contributed by atoms with Gasteiger partial charge >= 0.3 is 5.97 Å². The van der Waals surface area contributed by atoms with Crippen LogP contribution in [0.5, 0.6) is 0 Å². The molecule has 6 heteroatoms. The minimum Gasteiger partial charge on any atom is -0.468 e. The van der Waals surface area contributed by atoms with E-state index >= 15 is 0 Å². The molecule has 0 spiro atoms. The third kappa shape index (κ3) is 5.01. The van der Waals surface area contributed by atoms with Gasteiger partial charge in [0.2, 0.25) is 0 Å². The van der Waals surface area contributed by atoms with Crippen molar-refractivity contribution in [3.8, 4) is 0 Å². The molecule has 1 heterocycles. The fraction of sp³-hybridized carbons (Fsp3) is 0.583. The van der Waals surface area contributed by atoms with E-state index in [0.717, 1.165) is 5.69 Å². The lowest BCUT2D eigenvalue weighted by Crippen LogP contribution is -2.43. The summed E-state index contributed by atoms with van der Waals surface area (Å²) in [5, 5.41) is 3.84. The van der Waals surface area contributed by atoms with Crippen LogP contribution in [-0.4, -0.2) is 40.9 Å². The van der Waals surface area contributed by atoms with E-state index in [1.807, 2.05) is 26.8 Å². The van der Waals surface area contributed by atoms with Crippen molar-refractivity contribution in [3.05, 3.63) is 18.0 Å². The number of thioether (sulfide) groups is 1. The molecular weight excluding hydrogens is 250 g/mol. The highest BCUT2D eigenvalue weighted by molar-refractivity contribution is 7.99. The van der Waals surface area contributed by atoms with Gasteiger partial charge < -0.3 is 10.1 Å². The molecule has 1 unspecified atom stereocenters. The predicted octanol–water partition coefficient (Wildman–Crippen LogP) is 1.42. The maximum Gasteiger partial charge on any atom is 0.323 e. The number of nitrogens with one attached hydrogen (secondary N) is 1. The SMILES string of the molecule is COC(=O)C(CSc1nccc(C)n1)NC(C)C. The monoisotopic (exact) mass is 269 g/mol. The van der Waals surface area contributed by atoms with Crippen molar-refractivity contribution in [1.82, 2.24) is 15.3 Å². The lowest BCUT2D eigenvalue weighted by atomic mass is 10.3. The molecule has 1 rings (SSSR count). The van der Waals surface area contributed by atoms with Crippen molar-refractivity contribution in [1.29, 1.82) is 0 Å². The van der Waals surface area contributed by atoms with Gasteiger partial charge in [0.1, 0.15) is 6.04 Å². The smallest absolute Gasteiger partial charge is 0.323 e. The summed E-state index contributed by atoms with van der Waals surface area (Å²) in [4.78, 5) is 20.0. The third-order valence-electron chi connectivity index (χ3n) is 2.17. The number of esters is 1. The van der Waals surface area contributed by atoms with Gasteiger partial charge in [-0.3, -0.25) is 4.79 Å². The molecule has 0 radical (unpaired) electrons. The molecule has 0 fully saturated rings. The predicted molar refractivity (Wildman–Crippen MR) is 71.6 cm³/mol. The van der Waals surface area contributed by atoms with Gasteiger partial charge in [0.15, 0.2) is 5.16 Å². The van der Waals surface area contributed by atoms with E-state index in [1.165, 1.54) is 18.9 Å². The van der Waals surface area contributed by atoms with Crippen LogP contribution in [0.3, 0.4) is 0 Å². The number of methoxy groups -OCH3 is 1. The molecule has 0 saturated carbocycles. The zero-order valence-corrected chi connectivity index (χ0v) is 12.0. The summed E-state index contributed by atoms with van der Waals surface area (Å²) in [6, 6.07) is 1.71. The summed E-state index contributed by atoms with van der Waals surface area (Å²) in [6.45, 7) is 5.89. The largest absolute Gasteiger partial charge is 0.468 e. The Morgan fingerprint density at radius 1 is 1.56 bits per heavy atom. The first-order valence-corrected chi connectivity index (χ1v) is 6.77. The van der Waals surface area contributed by atoms with Gasteiger partial charge in [-0.2, -0.15) is 0 Å². The molecule has 1 N–H and O–H groups in total. The normalized spacial score (nSPS) is 12.5. The molecule has 0 aliphatic rings. The number of hydrogen-bond acceptors (Lipinski definition) is 6. The number of carbonyl (C=O) groups is 1. The number of ether oxygens (including phenoxy) is 1. The van der Waals surface area contributed by atoms with Crippen LogP contribution in [-0.2, 0) is 9.53 Å². The van der Waals surface area contributed by atoms with Gasteiger partial charge in [0.05, 0.1) is 7.11 Å². The Morgan fingerprint density at radius 2 is 2.28 bits per heavy atom. The second-order valence-corrected chi connectivity index (χ2v) is 5.18. The average Bonchev–Trinajstić information content (AvgIpc) is 2.33. The molecular formula is C12H19N3O2S. The molecule has 0 aliphatic carbocycles. The first-order valence-electron chi connectivity index (χ1n) is 5.79. The van der Waals surface area contributed by atoms with Crippen LogP contribution in [0.4, 0.5) is 0 Å². The lowest BCUT2D eigenvalue weighted by molar-refractivity contribution is -0.142. The van der Waals surface area contributed by atoms with Crippen molar-refractivity contribution >= 4 is 17.7 Å². The Labute approximate surface area is 112 Å².